The van der Waals surface area contributed by atoms with Gasteiger partial charge in [0.05, 0.1) is 6.61 Å². The molecule has 1 heterocycles. The Hall–Kier alpha value is -1.88. The van der Waals surface area contributed by atoms with Crippen molar-refractivity contribution in [1.29, 1.82) is 0 Å². The molecule has 0 fully saturated rings. The van der Waals surface area contributed by atoms with Gasteiger partial charge in [0, 0.05) is 5.38 Å². The number of thiazole rings is 1. The van der Waals surface area contributed by atoms with Crippen molar-refractivity contribution in [1.82, 2.24) is 4.98 Å². The first-order valence-corrected chi connectivity index (χ1v) is 7.88. The molecule has 0 aliphatic heterocycles. The van der Waals surface area contributed by atoms with Gasteiger partial charge in [0.25, 0.3) is 0 Å². The Morgan fingerprint density at radius 1 is 1.24 bits per heavy atom. The largest absolute Gasteiger partial charge is 0.486 e. The Morgan fingerprint density at radius 2 is 1.90 bits per heavy atom. The maximum absolute atomic E-state index is 11.5. The Labute approximate surface area is 129 Å². The third kappa shape index (κ3) is 5.55. The SMILES string of the molecule is CC.CCOC(=O)c1csc(COc2ccc(C)cc2)n1. The number of benzene rings is 1. The Kier molecular flexibility index (Phi) is 7.46. The third-order valence-corrected chi connectivity index (χ3v) is 3.24. The van der Waals surface area contributed by atoms with Gasteiger partial charge >= 0.3 is 5.97 Å². The van der Waals surface area contributed by atoms with Crippen molar-refractivity contribution in [2.75, 3.05) is 6.61 Å². The molecule has 0 aliphatic carbocycles. The van der Waals surface area contributed by atoms with Crippen LogP contribution in [0.5, 0.6) is 5.75 Å². The van der Waals surface area contributed by atoms with Crippen LogP contribution in [0.1, 0.15) is 41.8 Å². The second-order valence-corrected chi connectivity index (χ2v) is 4.89. The number of rotatable bonds is 5. The molecule has 2 rings (SSSR count). The number of hydrogen-bond donors (Lipinski definition) is 0. The number of esters is 1. The van der Waals surface area contributed by atoms with Crippen molar-refractivity contribution in [3.8, 4) is 5.75 Å². The fraction of sp³-hybridized carbons (Fsp3) is 0.375. The lowest BCUT2D eigenvalue weighted by Gasteiger charge is -2.03. The summed E-state index contributed by atoms with van der Waals surface area (Å²) < 4.78 is 10.5. The fourth-order valence-electron chi connectivity index (χ4n) is 1.46. The van der Waals surface area contributed by atoms with E-state index in [4.69, 9.17) is 9.47 Å². The Morgan fingerprint density at radius 3 is 2.52 bits per heavy atom. The van der Waals surface area contributed by atoms with E-state index in [1.807, 2.05) is 45.0 Å². The zero-order valence-corrected chi connectivity index (χ0v) is 13.7. The molecule has 0 spiro atoms. The molecule has 1 aromatic carbocycles. The highest BCUT2D eigenvalue weighted by atomic mass is 32.1. The molecule has 5 heteroatoms. The van der Waals surface area contributed by atoms with Crippen LogP contribution < -0.4 is 4.74 Å². The molecule has 0 N–H and O–H groups in total. The zero-order valence-electron chi connectivity index (χ0n) is 12.9. The predicted octanol–water partition coefficient (Wildman–Crippen LogP) is 4.23. The number of aromatic nitrogens is 1. The molecule has 0 radical (unpaired) electrons. The van der Waals surface area contributed by atoms with Crippen LogP contribution in [0, 0.1) is 6.92 Å². The molecule has 2 aromatic rings. The zero-order chi connectivity index (χ0) is 15.7. The summed E-state index contributed by atoms with van der Waals surface area (Å²) >= 11 is 1.39. The minimum absolute atomic E-state index is 0.342. The Bertz CT molecular complexity index is 549. The van der Waals surface area contributed by atoms with Crippen LogP contribution in [0.3, 0.4) is 0 Å². The lowest BCUT2D eigenvalue weighted by molar-refractivity contribution is 0.0520. The minimum atomic E-state index is -0.389. The molecule has 0 unspecified atom stereocenters. The molecule has 21 heavy (non-hydrogen) atoms. The van der Waals surface area contributed by atoms with Crippen LogP contribution in [0.25, 0.3) is 0 Å². The van der Waals surface area contributed by atoms with Crippen LogP contribution in [-0.4, -0.2) is 17.6 Å². The van der Waals surface area contributed by atoms with E-state index in [1.54, 1.807) is 12.3 Å². The molecule has 1 aromatic heterocycles. The van der Waals surface area contributed by atoms with E-state index in [-0.39, 0.29) is 5.97 Å². The van der Waals surface area contributed by atoms with Crippen LogP contribution >= 0.6 is 11.3 Å². The number of ether oxygens (including phenoxy) is 2. The monoisotopic (exact) mass is 307 g/mol. The quantitative estimate of drug-likeness (QED) is 0.775. The van der Waals surface area contributed by atoms with E-state index in [1.165, 1.54) is 16.9 Å². The van der Waals surface area contributed by atoms with Crippen molar-refractivity contribution in [3.63, 3.8) is 0 Å². The Balaban J connectivity index is 0.00000106. The molecule has 0 amide bonds. The van der Waals surface area contributed by atoms with Crippen molar-refractivity contribution in [2.45, 2.75) is 34.3 Å². The summed E-state index contributed by atoms with van der Waals surface area (Å²) in [5.41, 5.74) is 1.53. The second kappa shape index (κ2) is 9.13. The average Bonchev–Trinajstić information content (AvgIpc) is 2.98. The maximum atomic E-state index is 11.5. The van der Waals surface area contributed by atoms with Gasteiger partial charge in [-0.05, 0) is 26.0 Å². The lowest BCUT2D eigenvalue weighted by atomic mass is 10.2. The van der Waals surface area contributed by atoms with Gasteiger partial charge in [0.2, 0.25) is 0 Å². The summed E-state index contributed by atoms with van der Waals surface area (Å²) in [7, 11) is 0. The number of hydrogen-bond acceptors (Lipinski definition) is 5. The first kappa shape index (κ1) is 17.2. The van der Waals surface area contributed by atoms with Crippen LogP contribution in [-0.2, 0) is 11.3 Å². The summed E-state index contributed by atoms with van der Waals surface area (Å²) in [5.74, 6) is 0.402. The van der Waals surface area contributed by atoms with E-state index in [9.17, 15) is 4.79 Å². The van der Waals surface area contributed by atoms with Gasteiger partial charge in [-0.3, -0.25) is 0 Å². The van der Waals surface area contributed by atoms with Gasteiger partial charge in [-0.15, -0.1) is 11.3 Å². The van der Waals surface area contributed by atoms with Crippen molar-refractivity contribution >= 4 is 17.3 Å². The molecule has 114 valence electrons. The van der Waals surface area contributed by atoms with Crippen LogP contribution in [0.2, 0.25) is 0 Å². The average molecular weight is 307 g/mol. The number of aryl methyl sites for hydroxylation is 1. The van der Waals surface area contributed by atoms with Crippen LogP contribution in [0.15, 0.2) is 29.6 Å². The highest BCUT2D eigenvalue weighted by molar-refractivity contribution is 7.09. The van der Waals surface area contributed by atoms with Crippen molar-refractivity contribution < 1.29 is 14.3 Å². The summed E-state index contributed by atoms with van der Waals surface area (Å²) in [6.07, 6.45) is 0. The summed E-state index contributed by atoms with van der Waals surface area (Å²) in [4.78, 5) is 15.6. The fourth-order valence-corrected chi connectivity index (χ4v) is 2.13. The highest BCUT2D eigenvalue weighted by Crippen LogP contribution is 2.16. The summed E-state index contributed by atoms with van der Waals surface area (Å²) in [6.45, 7) is 8.50. The second-order valence-electron chi connectivity index (χ2n) is 3.95. The van der Waals surface area contributed by atoms with E-state index in [2.05, 4.69) is 4.98 Å². The van der Waals surface area contributed by atoms with Gasteiger partial charge in [-0.2, -0.15) is 0 Å². The molecule has 0 saturated carbocycles. The van der Waals surface area contributed by atoms with E-state index in [0.29, 0.717) is 18.9 Å². The van der Waals surface area contributed by atoms with Crippen molar-refractivity contribution in [3.05, 3.63) is 45.9 Å². The van der Waals surface area contributed by atoms with Gasteiger partial charge in [0.1, 0.15) is 17.4 Å². The predicted molar refractivity (Wildman–Crippen MR) is 84.9 cm³/mol. The third-order valence-electron chi connectivity index (χ3n) is 2.42. The molecule has 4 nitrogen and oxygen atoms in total. The lowest BCUT2D eigenvalue weighted by Crippen LogP contribution is -2.05. The normalized spacial score (nSPS) is 9.52. The molecule has 0 bridgehead atoms. The van der Waals surface area contributed by atoms with E-state index < -0.39 is 0 Å². The standard InChI is InChI=1S/C14H15NO3S.C2H6/c1-3-17-14(16)12-9-19-13(15-12)8-18-11-6-4-10(2)5-7-11;1-2/h4-7,9H,3,8H2,1-2H3;1-2H3. The first-order valence-electron chi connectivity index (χ1n) is 7.00. The first-order chi connectivity index (χ1) is 10.2. The highest BCUT2D eigenvalue weighted by Gasteiger charge is 2.11. The molecule has 0 aliphatic rings. The van der Waals surface area contributed by atoms with Crippen molar-refractivity contribution in [2.24, 2.45) is 0 Å². The van der Waals surface area contributed by atoms with E-state index in [0.717, 1.165) is 10.8 Å². The topological polar surface area (TPSA) is 48.4 Å². The number of carbonyl (C=O) groups is 1. The maximum Gasteiger partial charge on any atom is 0.357 e. The van der Waals surface area contributed by atoms with Crippen LogP contribution in [0.4, 0.5) is 0 Å². The number of nitrogens with zero attached hydrogens (tertiary/aromatic N) is 1. The minimum Gasteiger partial charge on any atom is -0.486 e. The molecule has 0 atom stereocenters. The van der Waals surface area contributed by atoms with Gasteiger partial charge < -0.3 is 9.47 Å². The number of carbonyl (C=O) groups excluding carboxylic acids is 1. The smallest absolute Gasteiger partial charge is 0.357 e. The summed E-state index contributed by atoms with van der Waals surface area (Å²) in [5, 5.41) is 2.44. The molecule has 0 saturated heterocycles. The summed E-state index contributed by atoms with van der Waals surface area (Å²) in [6, 6.07) is 7.80. The van der Waals surface area contributed by atoms with Gasteiger partial charge in [-0.1, -0.05) is 31.5 Å². The molecular formula is C16H21NO3S. The molecular weight excluding hydrogens is 286 g/mol. The van der Waals surface area contributed by atoms with Gasteiger partial charge in [-0.25, -0.2) is 9.78 Å². The van der Waals surface area contributed by atoms with Gasteiger partial charge in [0.15, 0.2) is 5.69 Å². The van der Waals surface area contributed by atoms with E-state index >= 15 is 0 Å².